The van der Waals surface area contributed by atoms with Crippen molar-refractivity contribution in [2.75, 3.05) is 0 Å². The topological polar surface area (TPSA) is 17.1 Å². The van der Waals surface area contributed by atoms with E-state index in [4.69, 9.17) is 0 Å². The molecule has 0 N–H and O–H groups in total. The molecule has 0 radical (unpaired) electrons. The number of carbonyl (C=O) groups is 1. The summed E-state index contributed by atoms with van der Waals surface area (Å²) in [6, 6.07) is 0. The van der Waals surface area contributed by atoms with Crippen molar-refractivity contribution in [2.24, 2.45) is 0 Å². The highest BCUT2D eigenvalue weighted by Gasteiger charge is 1.99. The van der Waals surface area contributed by atoms with Crippen LogP contribution in [0.15, 0.2) is 35.4 Å². The molecule has 12 heavy (non-hydrogen) atoms. The summed E-state index contributed by atoms with van der Waals surface area (Å²) in [7, 11) is 0. The van der Waals surface area contributed by atoms with Crippen LogP contribution in [0.2, 0.25) is 0 Å². The van der Waals surface area contributed by atoms with E-state index in [1.165, 1.54) is 0 Å². The molecule has 0 rings (SSSR count). The van der Waals surface area contributed by atoms with E-state index in [2.05, 4.69) is 29.1 Å². The predicted octanol–water partition coefficient (Wildman–Crippen LogP) is 3.38. The van der Waals surface area contributed by atoms with Crippen molar-refractivity contribution in [2.45, 2.75) is 19.8 Å². The lowest BCUT2D eigenvalue weighted by Crippen LogP contribution is -1.91. The maximum atomic E-state index is 10.7. The first-order valence-electron chi connectivity index (χ1n) is 3.74. The van der Waals surface area contributed by atoms with Crippen molar-refractivity contribution in [3.05, 3.63) is 35.4 Å². The minimum Gasteiger partial charge on any atom is -0.300 e. The Bertz CT molecular complexity index is 226. The summed E-state index contributed by atoms with van der Waals surface area (Å²) in [6.45, 7) is 8.87. The maximum absolute atomic E-state index is 10.7. The van der Waals surface area contributed by atoms with E-state index < -0.39 is 0 Å². The van der Waals surface area contributed by atoms with Crippen LogP contribution >= 0.6 is 15.9 Å². The number of Topliss-reactive ketones (excluding diaryl/α,β-unsaturated/α-hetero) is 1. The minimum absolute atomic E-state index is 0.193. The van der Waals surface area contributed by atoms with Crippen molar-refractivity contribution in [3.63, 3.8) is 0 Å². The molecule has 0 aromatic rings. The molecule has 2 heteroatoms. The Kier molecular flexibility index (Phi) is 5.64. The van der Waals surface area contributed by atoms with Crippen LogP contribution in [0.25, 0.3) is 0 Å². The molecule has 0 unspecified atom stereocenters. The molecule has 0 heterocycles. The first kappa shape index (κ1) is 11.4. The van der Waals surface area contributed by atoms with Crippen LogP contribution in [0.4, 0.5) is 0 Å². The standard InChI is InChI=1S/C10H13BrO/c1-4-9(10(11)5-2)7-6-8(3)12/h4-5H,1-2,6-7H2,3H3/b10-9-. The molecule has 0 fully saturated rings. The van der Waals surface area contributed by atoms with Gasteiger partial charge in [-0.2, -0.15) is 0 Å². The van der Waals surface area contributed by atoms with Gasteiger partial charge in [0.2, 0.25) is 0 Å². The summed E-state index contributed by atoms with van der Waals surface area (Å²) < 4.78 is 0.916. The second kappa shape index (κ2) is 5.95. The average molecular weight is 229 g/mol. The van der Waals surface area contributed by atoms with E-state index >= 15 is 0 Å². The van der Waals surface area contributed by atoms with Crippen LogP contribution in [0.1, 0.15) is 19.8 Å². The van der Waals surface area contributed by atoms with Gasteiger partial charge in [-0.15, -0.1) is 0 Å². The summed E-state index contributed by atoms with van der Waals surface area (Å²) in [5.74, 6) is 0.193. The molecule has 0 aromatic carbocycles. The van der Waals surface area contributed by atoms with E-state index in [0.29, 0.717) is 6.42 Å². The lowest BCUT2D eigenvalue weighted by atomic mass is 10.1. The Hall–Kier alpha value is -0.630. The third kappa shape index (κ3) is 4.29. The van der Waals surface area contributed by atoms with Crippen LogP contribution in [0.5, 0.6) is 0 Å². The number of halogens is 1. The van der Waals surface area contributed by atoms with Gasteiger partial charge in [0.1, 0.15) is 5.78 Å². The first-order valence-corrected chi connectivity index (χ1v) is 4.54. The summed E-state index contributed by atoms with van der Waals surface area (Å²) in [6.07, 6.45) is 4.74. The largest absolute Gasteiger partial charge is 0.300 e. The molecule has 0 amide bonds. The quantitative estimate of drug-likeness (QED) is 0.660. The molecular weight excluding hydrogens is 216 g/mol. The van der Waals surface area contributed by atoms with E-state index in [1.54, 1.807) is 19.1 Å². The fourth-order valence-corrected chi connectivity index (χ4v) is 1.12. The molecular formula is C10H13BrO. The molecule has 1 nitrogen and oxygen atoms in total. The smallest absolute Gasteiger partial charge is 0.130 e. The summed E-state index contributed by atoms with van der Waals surface area (Å²) in [5, 5.41) is 0. The number of carbonyl (C=O) groups excluding carboxylic acids is 1. The third-order valence-corrected chi connectivity index (χ3v) is 2.31. The average Bonchev–Trinajstić information content (AvgIpc) is 2.04. The van der Waals surface area contributed by atoms with Crippen molar-refractivity contribution in [1.29, 1.82) is 0 Å². The molecule has 0 aliphatic heterocycles. The molecule has 0 saturated heterocycles. The predicted molar refractivity (Wildman–Crippen MR) is 56.3 cm³/mol. The molecule has 0 bridgehead atoms. The van der Waals surface area contributed by atoms with Gasteiger partial charge in [-0.05, 0) is 18.9 Å². The normalized spacial score (nSPS) is 11.8. The number of allylic oxidation sites excluding steroid dienone is 4. The monoisotopic (exact) mass is 228 g/mol. The Morgan fingerprint density at radius 2 is 1.92 bits per heavy atom. The second-order valence-electron chi connectivity index (χ2n) is 2.48. The second-order valence-corrected chi connectivity index (χ2v) is 3.34. The van der Waals surface area contributed by atoms with Gasteiger partial charge in [0.25, 0.3) is 0 Å². The lowest BCUT2D eigenvalue weighted by Gasteiger charge is -2.00. The van der Waals surface area contributed by atoms with E-state index in [9.17, 15) is 4.79 Å². The first-order chi connectivity index (χ1) is 5.61. The Labute approximate surface area is 82.0 Å². The molecule has 0 aromatic heterocycles. The molecule has 0 spiro atoms. The summed E-state index contributed by atoms with van der Waals surface area (Å²) >= 11 is 3.33. The van der Waals surface area contributed by atoms with Gasteiger partial charge in [-0.25, -0.2) is 0 Å². The van der Waals surface area contributed by atoms with Gasteiger partial charge in [0.15, 0.2) is 0 Å². The van der Waals surface area contributed by atoms with Gasteiger partial charge in [-0.3, -0.25) is 0 Å². The van der Waals surface area contributed by atoms with Crippen LogP contribution in [-0.4, -0.2) is 5.78 Å². The van der Waals surface area contributed by atoms with Crippen LogP contribution in [-0.2, 0) is 4.79 Å². The highest BCUT2D eigenvalue weighted by Crippen LogP contribution is 2.18. The van der Waals surface area contributed by atoms with Crippen molar-refractivity contribution < 1.29 is 4.79 Å². The van der Waals surface area contributed by atoms with Crippen LogP contribution < -0.4 is 0 Å². The Balaban J connectivity index is 4.27. The highest BCUT2D eigenvalue weighted by atomic mass is 79.9. The van der Waals surface area contributed by atoms with Gasteiger partial charge < -0.3 is 4.79 Å². The maximum Gasteiger partial charge on any atom is 0.130 e. The fraction of sp³-hybridized carbons (Fsp3) is 0.300. The highest BCUT2D eigenvalue weighted by molar-refractivity contribution is 9.11. The van der Waals surface area contributed by atoms with Gasteiger partial charge in [-0.1, -0.05) is 41.2 Å². The number of ketones is 1. The fourth-order valence-electron chi connectivity index (χ4n) is 0.761. The van der Waals surface area contributed by atoms with Crippen LogP contribution in [0.3, 0.4) is 0 Å². The SMILES string of the molecule is C=C/C(Br)=C(\C=C)CCC(C)=O. The number of rotatable bonds is 5. The minimum atomic E-state index is 0.193. The van der Waals surface area contributed by atoms with E-state index in [1.807, 2.05) is 0 Å². The Morgan fingerprint density at radius 1 is 1.33 bits per heavy atom. The van der Waals surface area contributed by atoms with Gasteiger partial charge >= 0.3 is 0 Å². The zero-order chi connectivity index (χ0) is 9.56. The zero-order valence-electron chi connectivity index (χ0n) is 7.27. The molecule has 66 valence electrons. The van der Waals surface area contributed by atoms with Crippen LogP contribution in [0, 0.1) is 0 Å². The Morgan fingerprint density at radius 3 is 2.25 bits per heavy atom. The number of hydrogen-bond donors (Lipinski definition) is 0. The molecule has 0 saturated carbocycles. The molecule has 0 aliphatic carbocycles. The van der Waals surface area contributed by atoms with Crippen molar-refractivity contribution in [3.8, 4) is 0 Å². The third-order valence-electron chi connectivity index (χ3n) is 1.48. The summed E-state index contributed by atoms with van der Waals surface area (Å²) in [4.78, 5) is 10.7. The summed E-state index contributed by atoms with van der Waals surface area (Å²) in [5.41, 5.74) is 1.03. The van der Waals surface area contributed by atoms with Crippen molar-refractivity contribution in [1.82, 2.24) is 0 Å². The molecule has 0 aliphatic rings. The van der Waals surface area contributed by atoms with Gasteiger partial charge in [0.05, 0.1) is 0 Å². The zero-order valence-corrected chi connectivity index (χ0v) is 8.86. The molecule has 0 atom stereocenters. The van der Waals surface area contributed by atoms with Crippen molar-refractivity contribution >= 4 is 21.7 Å². The van der Waals surface area contributed by atoms with E-state index in [0.717, 1.165) is 16.5 Å². The van der Waals surface area contributed by atoms with E-state index in [-0.39, 0.29) is 5.78 Å². The lowest BCUT2D eigenvalue weighted by molar-refractivity contribution is -0.116. The van der Waals surface area contributed by atoms with Gasteiger partial charge in [0, 0.05) is 10.9 Å². The number of hydrogen-bond acceptors (Lipinski definition) is 1.